The van der Waals surface area contributed by atoms with Gasteiger partial charge in [-0.25, -0.2) is 4.98 Å². The van der Waals surface area contributed by atoms with Gasteiger partial charge < -0.3 is 5.32 Å². The first-order valence-electron chi connectivity index (χ1n) is 6.14. The van der Waals surface area contributed by atoms with Gasteiger partial charge in [0.2, 0.25) is 0 Å². The third kappa shape index (κ3) is 3.10. The van der Waals surface area contributed by atoms with Crippen LogP contribution in [0.5, 0.6) is 0 Å². The van der Waals surface area contributed by atoms with E-state index >= 15 is 0 Å². The number of nitrogens with one attached hydrogen (secondary N) is 1. The summed E-state index contributed by atoms with van der Waals surface area (Å²) in [6.07, 6.45) is 1.15. The second-order valence-electron chi connectivity index (χ2n) is 4.18. The number of halogens is 1. The molecule has 0 aliphatic rings. The molecule has 0 saturated heterocycles. The molecule has 96 valence electrons. The third-order valence-corrected chi connectivity index (χ3v) is 4.23. The standard InChI is InChI=1S/C14H17ClN2S/c1-3-8-16-9-13-10(2)17-14(18-13)11-6-4-5-7-12(11)15/h4-7,16H,3,8-9H2,1-2H3. The number of aryl methyl sites for hydroxylation is 1. The van der Waals surface area contributed by atoms with Crippen molar-refractivity contribution in [1.82, 2.24) is 10.3 Å². The number of hydrogen-bond donors (Lipinski definition) is 1. The molecule has 1 heterocycles. The van der Waals surface area contributed by atoms with Crippen molar-refractivity contribution in [3.8, 4) is 10.6 Å². The zero-order chi connectivity index (χ0) is 13.0. The van der Waals surface area contributed by atoms with Gasteiger partial charge >= 0.3 is 0 Å². The van der Waals surface area contributed by atoms with Crippen LogP contribution in [0.25, 0.3) is 10.6 Å². The zero-order valence-electron chi connectivity index (χ0n) is 10.7. The predicted octanol–water partition coefficient (Wildman–Crippen LogP) is 4.27. The van der Waals surface area contributed by atoms with Crippen molar-refractivity contribution >= 4 is 22.9 Å². The molecule has 1 aromatic carbocycles. The van der Waals surface area contributed by atoms with E-state index < -0.39 is 0 Å². The molecule has 2 nitrogen and oxygen atoms in total. The molecule has 2 rings (SSSR count). The van der Waals surface area contributed by atoms with E-state index in [2.05, 4.69) is 24.1 Å². The third-order valence-electron chi connectivity index (χ3n) is 2.71. The first-order valence-corrected chi connectivity index (χ1v) is 7.33. The number of aromatic nitrogens is 1. The monoisotopic (exact) mass is 280 g/mol. The van der Waals surface area contributed by atoms with Crippen molar-refractivity contribution in [1.29, 1.82) is 0 Å². The molecule has 1 aromatic heterocycles. The minimum absolute atomic E-state index is 0.763. The lowest BCUT2D eigenvalue weighted by atomic mass is 10.2. The highest BCUT2D eigenvalue weighted by Crippen LogP contribution is 2.32. The quantitative estimate of drug-likeness (QED) is 0.827. The highest BCUT2D eigenvalue weighted by Gasteiger charge is 2.11. The molecule has 18 heavy (non-hydrogen) atoms. The van der Waals surface area contributed by atoms with Gasteiger partial charge in [0.15, 0.2) is 0 Å². The van der Waals surface area contributed by atoms with Gasteiger partial charge in [-0.2, -0.15) is 0 Å². The summed E-state index contributed by atoms with van der Waals surface area (Å²) in [5.41, 5.74) is 2.12. The highest BCUT2D eigenvalue weighted by atomic mass is 35.5. The van der Waals surface area contributed by atoms with Gasteiger partial charge in [0.25, 0.3) is 0 Å². The summed E-state index contributed by atoms with van der Waals surface area (Å²) in [6.45, 7) is 6.15. The Morgan fingerprint density at radius 2 is 2.11 bits per heavy atom. The molecular weight excluding hydrogens is 264 g/mol. The fraction of sp³-hybridized carbons (Fsp3) is 0.357. The molecule has 4 heteroatoms. The summed E-state index contributed by atoms with van der Waals surface area (Å²) in [7, 11) is 0. The Kier molecular flexibility index (Phi) is 4.75. The molecule has 0 amide bonds. The van der Waals surface area contributed by atoms with Crippen molar-refractivity contribution in [3.05, 3.63) is 39.9 Å². The van der Waals surface area contributed by atoms with Gasteiger partial charge in [0.1, 0.15) is 5.01 Å². The minimum atomic E-state index is 0.763. The summed E-state index contributed by atoms with van der Waals surface area (Å²) in [6, 6.07) is 7.86. The maximum Gasteiger partial charge on any atom is 0.125 e. The number of nitrogens with zero attached hydrogens (tertiary/aromatic N) is 1. The molecule has 0 atom stereocenters. The van der Waals surface area contributed by atoms with Crippen LogP contribution in [0.3, 0.4) is 0 Å². The molecule has 1 N–H and O–H groups in total. The van der Waals surface area contributed by atoms with Crippen LogP contribution in [0.4, 0.5) is 0 Å². The Balaban J connectivity index is 2.21. The van der Waals surface area contributed by atoms with Crippen molar-refractivity contribution in [2.24, 2.45) is 0 Å². The summed E-state index contributed by atoms with van der Waals surface area (Å²) in [5.74, 6) is 0. The van der Waals surface area contributed by atoms with Gasteiger partial charge in [-0.3, -0.25) is 0 Å². The van der Waals surface area contributed by atoms with Crippen LogP contribution in [0.1, 0.15) is 23.9 Å². The molecule has 0 radical (unpaired) electrons. The smallest absolute Gasteiger partial charge is 0.125 e. The van der Waals surface area contributed by atoms with E-state index in [9.17, 15) is 0 Å². The van der Waals surface area contributed by atoms with E-state index in [-0.39, 0.29) is 0 Å². The van der Waals surface area contributed by atoms with E-state index in [0.717, 1.165) is 40.8 Å². The van der Waals surface area contributed by atoms with Crippen molar-refractivity contribution in [2.75, 3.05) is 6.54 Å². The minimum Gasteiger partial charge on any atom is -0.312 e. The molecule has 0 aliphatic heterocycles. The molecular formula is C14H17ClN2S. The average molecular weight is 281 g/mol. The van der Waals surface area contributed by atoms with Gasteiger partial charge in [0, 0.05) is 17.0 Å². The molecule has 0 aliphatic carbocycles. The van der Waals surface area contributed by atoms with Crippen molar-refractivity contribution in [2.45, 2.75) is 26.8 Å². The van der Waals surface area contributed by atoms with E-state index in [1.807, 2.05) is 24.3 Å². The van der Waals surface area contributed by atoms with Gasteiger partial charge in [-0.15, -0.1) is 11.3 Å². The number of thiazole rings is 1. The largest absolute Gasteiger partial charge is 0.312 e. The SMILES string of the molecule is CCCNCc1sc(-c2ccccc2Cl)nc1C. The Labute approximate surface area is 117 Å². The van der Waals surface area contributed by atoms with Crippen LogP contribution in [0, 0.1) is 6.92 Å². The predicted molar refractivity (Wildman–Crippen MR) is 79.3 cm³/mol. The van der Waals surface area contributed by atoms with E-state index in [4.69, 9.17) is 11.6 Å². The number of benzene rings is 1. The van der Waals surface area contributed by atoms with E-state index in [1.165, 1.54) is 4.88 Å². The van der Waals surface area contributed by atoms with Gasteiger partial charge in [-0.05, 0) is 26.0 Å². The van der Waals surface area contributed by atoms with Crippen LogP contribution >= 0.6 is 22.9 Å². The van der Waals surface area contributed by atoms with Crippen molar-refractivity contribution in [3.63, 3.8) is 0 Å². The molecule has 2 aromatic rings. The summed E-state index contributed by atoms with van der Waals surface area (Å²) in [5, 5.41) is 5.18. The summed E-state index contributed by atoms with van der Waals surface area (Å²) in [4.78, 5) is 5.90. The van der Waals surface area contributed by atoms with Crippen molar-refractivity contribution < 1.29 is 0 Å². The van der Waals surface area contributed by atoms with Gasteiger partial charge in [-0.1, -0.05) is 36.7 Å². The molecule has 0 fully saturated rings. The fourth-order valence-corrected chi connectivity index (χ4v) is 3.07. The van der Waals surface area contributed by atoms with Crippen LogP contribution in [0.15, 0.2) is 24.3 Å². The Bertz CT molecular complexity index is 522. The second kappa shape index (κ2) is 6.32. The lowest BCUT2D eigenvalue weighted by Gasteiger charge is -2.00. The first kappa shape index (κ1) is 13.5. The highest BCUT2D eigenvalue weighted by molar-refractivity contribution is 7.15. The first-order chi connectivity index (χ1) is 8.72. The lowest BCUT2D eigenvalue weighted by Crippen LogP contribution is -2.13. The second-order valence-corrected chi connectivity index (χ2v) is 5.68. The van der Waals surface area contributed by atoms with Gasteiger partial charge in [0.05, 0.1) is 10.7 Å². The summed E-state index contributed by atoms with van der Waals surface area (Å²) < 4.78 is 0. The Hall–Kier alpha value is -0.900. The molecule has 0 bridgehead atoms. The molecule has 0 spiro atoms. The number of rotatable bonds is 5. The van der Waals surface area contributed by atoms with Crippen LogP contribution in [0.2, 0.25) is 5.02 Å². The maximum absolute atomic E-state index is 6.20. The summed E-state index contributed by atoms with van der Waals surface area (Å²) >= 11 is 7.92. The van der Waals surface area contributed by atoms with Crippen LogP contribution in [-0.2, 0) is 6.54 Å². The maximum atomic E-state index is 6.20. The number of hydrogen-bond acceptors (Lipinski definition) is 3. The Morgan fingerprint density at radius 3 is 2.83 bits per heavy atom. The fourth-order valence-electron chi connectivity index (χ4n) is 1.72. The lowest BCUT2D eigenvalue weighted by molar-refractivity contribution is 0.678. The normalized spacial score (nSPS) is 10.8. The van der Waals surface area contributed by atoms with E-state index in [1.54, 1.807) is 11.3 Å². The Morgan fingerprint density at radius 1 is 1.33 bits per heavy atom. The van der Waals surface area contributed by atoms with Crippen LogP contribution < -0.4 is 5.32 Å². The molecule has 0 saturated carbocycles. The van der Waals surface area contributed by atoms with E-state index in [0.29, 0.717) is 0 Å². The van der Waals surface area contributed by atoms with Crippen LogP contribution in [-0.4, -0.2) is 11.5 Å². The zero-order valence-corrected chi connectivity index (χ0v) is 12.2. The molecule has 0 unspecified atom stereocenters. The average Bonchev–Trinajstić information content (AvgIpc) is 2.72. The topological polar surface area (TPSA) is 24.9 Å².